The zero-order valence-electron chi connectivity index (χ0n) is 15.5. The van der Waals surface area contributed by atoms with Crippen LogP contribution in [0.1, 0.15) is 57.4 Å². The van der Waals surface area contributed by atoms with Gasteiger partial charge in [0.1, 0.15) is 0 Å². The van der Waals surface area contributed by atoms with Crippen molar-refractivity contribution in [3.63, 3.8) is 0 Å². The highest BCUT2D eigenvalue weighted by atomic mass is 16.3. The molecule has 2 heterocycles. The molecular weight excluding hydrogens is 322 g/mol. The Kier molecular flexibility index (Phi) is 4.40. The molecule has 26 heavy (non-hydrogen) atoms. The standard InChI is InChI=1S/C23H27NO2/c1-2-3-13-23(26)20(16-18-9-5-4-6-10-18)17-19-11-7-8-15-24-21(25)12-14-22(19,23)24/h4-6,9-10,16,19,26H,2,7-8,11-12,14-15,17H2,1H3/t19-,22+,23+/m0/s1. The molecule has 2 aliphatic heterocycles. The monoisotopic (exact) mass is 349 g/mol. The molecule has 3 fully saturated rings. The van der Waals surface area contributed by atoms with E-state index in [-0.39, 0.29) is 5.91 Å². The van der Waals surface area contributed by atoms with Gasteiger partial charge >= 0.3 is 0 Å². The predicted octanol–water partition coefficient (Wildman–Crippen LogP) is 3.78. The highest BCUT2D eigenvalue weighted by molar-refractivity contribution is 5.82. The Morgan fingerprint density at radius 1 is 1.31 bits per heavy atom. The van der Waals surface area contributed by atoms with Crippen molar-refractivity contribution in [1.29, 1.82) is 0 Å². The number of nitrogens with zero attached hydrogens (tertiary/aromatic N) is 1. The fourth-order valence-corrected chi connectivity index (χ4v) is 5.39. The number of carbonyl (C=O) groups is 1. The lowest BCUT2D eigenvalue weighted by Gasteiger charge is -2.45. The minimum Gasteiger partial charge on any atom is -0.371 e. The molecular formula is C23H27NO2. The van der Waals surface area contributed by atoms with Gasteiger partial charge < -0.3 is 10.0 Å². The second kappa shape index (κ2) is 6.59. The van der Waals surface area contributed by atoms with Crippen LogP contribution in [0.2, 0.25) is 0 Å². The number of carbonyl (C=O) groups excluding carboxylic acids is 1. The Labute approximate surface area is 156 Å². The molecule has 136 valence electrons. The molecule has 2 saturated heterocycles. The number of amides is 1. The molecule has 1 saturated carbocycles. The molecule has 1 spiro atoms. The summed E-state index contributed by atoms with van der Waals surface area (Å²) in [6.45, 7) is 2.76. The SMILES string of the molecule is CCC#C[C@@]1(O)C(=Cc2ccccc2)C[C@@H]2CCCCN3C(=O)CC[C@]231. The van der Waals surface area contributed by atoms with Crippen molar-refractivity contribution >= 4 is 12.0 Å². The summed E-state index contributed by atoms with van der Waals surface area (Å²) in [5, 5.41) is 12.0. The zero-order chi connectivity index (χ0) is 18.2. The fourth-order valence-electron chi connectivity index (χ4n) is 5.39. The van der Waals surface area contributed by atoms with Crippen molar-refractivity contribution in [3.05, 3.63) is 41.5 Å². The van der Waals surface area contributed by atoms with Gasteiger partial charge in [-0.25, -0.2) is 0 Å². The number of hydrogen-bond acceptors (Lipinski definition) is 2. The summed E-state index contributed by atoms with van der Waals surface area (Å²) >= 11 is 0. The van der Waals surface area contributed by atoms with Gasteiger partial charge in [-0.05, 0) is 42.7 Å². The molecule has 1 amide bonds. The maximum Gasteiger partial charge on any atom is 0.223 e. The Morgan fingerprint density at radius 3 is 2.88 bits per heavy atom. The van der Waals surface area contributed by atoms with E-state index in [1.165, 1.54) is 0 Å². The Morgan fingerprint density at radius 2 is 2.12 bits per heavy atom. The Balaban J connectivity index is 1.88. The van der Waals surface area contributed by atoms with Gasteiger partial charge in [0.15, 0.2) is 5.60 Å². The van der Waals surface area contributed by atoms with E-state index in [9.17, 15) is 9.90 Å². The fraction of sp³-hybridized carbons (Fsp3) is 0.522. The number of benzene rings is 1. The number of rotatable bonds is 1. The molecule has 1 aromatic rings. The summed E-state index contributed by atoms with van der Waals surface area (Å²) < 4.78 is 0. The van der Waals surface area contributed by atoms with Crippen LogP contribution in [0.15, 0.2) is 35.9 Å². The molecule has 1 aromatic carbocycles. The van der Waals surface area contributed by atoms with Gasteiger partial charge in [0.25, 0.3) is 0 Å². The first-order chi connectivity index (χ1) is 12.6. The zero-order valence-corrected chi connectivity index (χ0v) is 15.5. The van der Waals surface area contributed by atoms with Gasteiger partial charge in [0.2, 0.25) is 5.91 Å². The van der Waals surface area contributed by atoms with E-state index < -0.39 is 11.1 Å². The topological polar surface area (TPSA) is 40.5 Å². The van der Waals surface area contributed by atoms with Gasteiger partial charge in [0.05, 0.1) is 5.54 Å². The van der Waals surface area contributed by atoms with Gasteiger partial charge in [-0.2, -0.15) is 0 Å². The highest BCUT2D eigenvalue weighted by Crippen LogP contribution is 2.58. The van der Waals surface area contributed by atoms with Crippen LogP contribution >= 0.6 is 0 Å². The average Bonchev–Trinajstić information content (AvgIpc) is 3.01. The van der Waals surface area contributed by atoms with Crippen LogP contribution in [0.4, 0.5) is 0 Å². The van der Waals surface area contributed by atoms with Crippen molar-refractivity contribution in [2.75, 3.05) is 6.54 Å². The van der Waals surface area contributed by atoms with Gasteiger partial charge in [-0.3, -0.25) is 4.79 Å². The van der Waals surface area contributed by atoms with Crippen LogP contribution < -0.4 is 0 Å². The van der Waals surface area contributed by atoms with E-state index in [0.717, 1.165) is 49.8 Å². The minimum atomic E-state index is -1.24. The molecule has 1 N–H and O–H groups in total. The van der Waals surface area contributed by atoms with Crippen molar-refractivity contribution in [2.24, 2.45) is 5.92 Å². The summed E-state index contributed by atoms with van der Waals surface area (Å²) in [6, 6.07) is 10.1. The minimum absolute atomic E-state index is 0.189. The molecule has 0 aromatic heterocycles. The largest absolute Gasteiger partial charge is 0.371 e. The average molecular weight is 349 g/mol. The maximum absolute atomic E-state index is 12.7. The molecule has 0 unspecified atom stereocenters. The first-order valence-corrected chi connectivity index (χ1v) is 9.91. The quantitative estimate of drug-likeness (QED) is 0.784. The number of hydrogen-bond donors (Lipinski definition) is 1. The van der Waals surface area contributed by atoms with Crippen LogP contribution in [-0.4, -0.2) is 33.6 Å². The van der Waals surface area contributed by atoms with Gasteiger partial charge in [-0.1, -0.05) is 55.7 Å². The normalized spacial score (nSPS) is 34.8. The third-order valence-electron chi connectivity index (χ3n) is 6.51. The van der Waals surface area contributed by atoms with E-state index in [1.807, 2.05) is 30.0 Å². The van der Waals surface area contributed by atoms with Crippen molar-refractivity contribution < 1.29 is 9.90 Å². The van der Waals surface area contributed by atoms with E-state index in [0.29, 0.717) is 18.8 Å². The molecule has 1 aliphatic carbocycles. The molecule has 0 radical (unpaired) electrons. The summed E-state index contributed by atoms with van der Waals surface area (Å²) in [5.74, 6) is 6.86. The molecule has 3 aliphatic rings. The molecule has 3 atom stereocenters. The Bertz CT molecular complexity index is 787. The van der Waals surface area contributed by atoms with Crippen LogP contribution in [0.25, 0.3) is 6.08 Å². The molecule has 3 nitrogen and oxygen atoms in total. The van der Waals surface area contributed by atoms with Gasteiger partial charge in [0, 0.05) is 19.4 Å². The van der Waals surface area contributed by atoms with Crippen LogP contribution in [0.5, 0.6) is 0 Å². The smallest absolute Gasteiger partial charge is 0.223 e. The summed E-state index contributed by atoms with van der Waals surface area (Å²) in [7, 11) is 0. The lowest BCUT2D eigenvalue weighted by molar-refractivity contribution is -0.136. The third kappa shape index (κ3) is 2.43. The first kappa shape index (κ1) is 17.4. The molecule has 0 bridgehead atoms. The molecule has 3 heteroatoms. The second-order valence-corrected chi connectivity index (χ2v) is 7.81. The molecule has 4 rings (SSSR count). The first-order valence-electron chi connectivity index (χ1n) is 9.91. The highest BCUT2D eigenvalue weighted by Gasteiger charge is 2.67. The summed E-state index contributed by atoms with van der Waals surface area (Å²) in [6.07, 6.45) is 8.09. The van der Waals surface area contributed by atoms with Crippen LogP contribution in [0.3, 0.4) is 0 Å². The van der Waals surface area contributed by atoms with Crippen molar-refractivity contribution in [1.82, 2.24) is 4.90 Å². The lowest BCUT2D eigenvalue weighted by atomic mass is 9.73. The maximum atomic E-state index is 12.7. The predicted molar refractivity (Wildman–Crippen MR) is 103 cm³/mol. The van der Waals surface area contributed by atoms with Crippen molar-refractivity contribution in [2.45, 2.75) is 63.0 Å². The lowest BCUT2D eigenvalue weighted by Crippen LogP contribution is -2.61. The van der Waals surface area contributed by atoms with Crippen LogP contribution in [0, 0.1) is 17.8 Å². The summed E-state index contributed by atoms with van der Waals surface area (Å²) in [5.41, 5.74) is 0.294. The number of aliphatic hydroxyl groups is 1. The van der Waals surface area contributed by atoms with Gasteiger partial charge in [-0.15, -0.1) is 5.92 Å². The van der Waals surface area contributed by atoms with Crippen molar-refractivity contribution in [3.8, 4) is 11.8 Å². The van der Waals surface area contributed by atoms with E-state index in [4.69, 9.17) is 0 Å². The Hall–Kier alpha value is -2.05. The van der Waals surface area contributed by atoms with Crippen LogP contribution in [-0.2, 0) is 4.79 Å². The third-order valence-corrected chi connectivity index (χ3v) is 6.51. The second-order valence-electron chi connectivity index (χ2n) is 7.81. The summed E-state index contributed by atoms with van der Waals surface area (Å²) in [4.78, 5) is 14.7. The van der Waals surface area contributed by atoms with E-state index in [1.54, 1.807) is 0 Å². The van der Waals surface area contributed by atoms with E-state index >= 15 is 0 Å². The van der Waals surface area contributed by atoms with E-state index in [2.05, 4.69) is 30.0 Å².